The van der Waals surface area contributed by atoms with E-state index in [4.69, 9.17) is 21.9 Å². The van der Waals surface area contributed by atoms with Gasteiger partial charge in [-0.05, 0) is 62.5 Å². The predicted molar refractivity (Wildman–Crippen MR) is 152 cm³/mol. The first-order chi connectivity index (χ1) is 18.0. The Hall–Kier alpha value is -3.62. The molecule has 5 rings (SSSR count). The molecule has 2 heterocycles. The Labute approximate surface area is 225 Å². The zero-order chi connectivity index (χ0) is 25.8. The van der Waals surface area contributed by atoms with Crippen LogP contribution < -0.4 is 10.6 Å². The minimum atomic E-state index is -0.355. The van der Waals surface area contributed by atoms with Crippen LogP contribution in [-0.2, 0) is 17.6 Å². The minimum absolute atomic E-state index is 0.133. The van der Waals surface area contributed by atoms with E-state index in [2.05, 4.69) is 10.6 Å². The molecule has 0 saturated heterocycles. The van der Waals surface area contributed by atoms with E-state index in [1.54, 1.807) is 13.0 Å². The number of carbonyl (C=O) groups excluding carboxylic acids is 2. The van der Waals surface area contributed by atoms with Gasteiger partial charge in [-0.25, -0.2) is 9.78 Å². The monoisotopic (exact) mass is 529 g/mol. The number of aryl methyl sites for hydroxylation is 1. The van der Waals surface area contributed by atoms with E-state index >= 15 is 0 Å². The highest BCUT2D eigenvalue weighted by molar-refractivity contribution is 7.80. The number of esters is 1. The van der Waals surface area contributed by atoms with Crippen LogP contribution >= 0.6 is 23.6 Å². The van der Waals surface area contributed by atoms with Crippen molar-refractivity contribution < 1.29 is 14.3 Å². The van der Waals surface area contributed by atoms with E-state index in [0.29, 0.717) is 28.4 Å². The molecule has 2 aromatic carbocycles. The molecule has 2 aromatic heterocycles. The van der Waals surface area contributed by atoms with Crippen LogP contribution in [0, 0.1) is 0 Å². The van der Waals surface area contributed by atoms with E-state index in [0.717, 1.165) is 54.1 Å². The van der Waals surface area contributed by atoms with Crippen LogP contribution in [0.1, 0.15) is 57.3 Å². The fourth-order valence-corrected chi connectivity index (χ4v) is 6.22. The van der Waals surface area contributed by atoms with Crippen molar-refractivity contribution >= 4 is 56.4 Å². The molecule has 4 aromatic rings. The Morgan fingerprint density at radius 1 is 1.03 bits per heavy atom. The third-order valence-corrected chi connectivity index (χ3v) is 7.80. The molecular formula is C29H27N3O3S2. The molecule has 0 atom stereocenters. The molecule has 0 bridgehead atoms. The molecule has 1 amide bonds. The zero-order valence-corrected chi connectivity index (χ0v) is 22.1. The second-order valence-corrected chi connectivity index (χ2v) is 10.3. The van der Waals surface area contributed by atoms with Gasteiger partial charge >= 0.3 is 5.97 Å². The average molecular weight is 530 g/mol. The number of rotatable bonds is 5. The molecule has 8 heteroatoms. The standard InChI is InChI=1S/C29H27N3O3S2/c1-2-35-28(34)25-20-14-7-4-8-16-24(20)37-27(25)32-29(36)31-26(33)21-17-23(18-11-5-3-6-12-18)30-22-15-10-9-13-19(21)22/h3,5-6,9-13,15,17H,2,4,7-8,14,16H2,1H3,(H2,31,32,33,36). The normalized spacial score (nSPS) is 12.9. The van der Waals surface area contributed by atoms with Gasteiger partial charge in [0.2, 0.25) is 0 Å². The number of carbonyl (C=O) groups is 2. The lowest BCUT2D eigenvalue weighted by atomic mass is 10.0. The summed E-state index contributed by atoms with van der Waals surface area (Å²) in [6.45, 7) is 2.09. The maximum absolute atomic E-state index is 13.4. The number of nitrogens with zero attached hydrogens (tertiary/aromatic N) is 1. The number of benzene rings is 2. The molecular weight excluding hydrogens is 502 g/mol. The van der Waals surface area contributed by atoms with Crippen LogP contribution in [0.15, 0.2) is 60.7 Å². The zero-order valence-electron chi connectivity index (χ0n) is 20.5. The van der Waals surface area contributed by atoms with Crippen molar-refractivity contribution in [3.05, 3.63) is 82.2 Å². The average Bonchev–Trinajstić information content (AvgIpc) is 3.08. The van der Waals surface area contributed by atoms with Gasteiger partial charge in [0.15, 0.2) is 5.11 Å². The number of anilines is 1. The lowest BCUT2D eigenvalue weighted by Crippen LogP contribution is -2.34. The van der Waals surface area contributed by atoms with Crippen LogP contribution in [0.3, 0.4) is 0 Å². The number of amides is 1. The Kier molecular flexibility index (Phi) is 7.58. The van der Waals surface area contributed by atoms with Crippen molar-refractivity contribution in [3.8, 4) is 11.3 Å². The van der Waals surface area contributed by atoms with Gasteiger partial charge in [0, 0.05) is 15.8 Å². The number of thiocarbonyl (C=S) groups is 1. The summed E-state index contributed by atoms with van der Waals surface area (Å²) in [5.41, 5.74) is 4.41. The van der Waals surface area contributed by atoms with Gasteiger partial charge in [-0.3, -0.25) is 10.1 Å². The van der Waals surface area contributed by atoms with E-state index in [1.807, 2.05) is 54.6 Å². The molecule has 2 N–H and O–H groups in total. The molecule has 37 heavy (non-hydrogen) atoms. The van der Waals surface area contributed by atoms with Gasteiger partial charge < -0.3 is 10.1 Å². The SMILES string of the molecule is CCOC(=O)c1c(NC(=S)NC(=O)c2cc(-c3ccccc3)nc3ccccc23)sc2c1CCCCC2. The van der Waals surface area contributed by atoms with Gasteiger partial charge in [0.1, 0.15) is 5.00 Å². The summed E-state index contributed by atoms with van der Waals surface area (Å²) in [4.78, 5) is 32.2. The number of thiophene rings is 1. The number of nitrogens with one attached hydrogen (secondary N) is 2. The van der Waals surface area contributed by atoms with Crippen LogP contribution in [0.2, 0.25) is 0 Å². The van der Waals surface area contributed by atoms with E-state index < -0.39 is 0 Å². The van der Waals surface area contributed by atoms with Crippen LogP contribution in [0.4, 0.5) is 5.00 Å². The fraction of sp³-hybridized carbons (Fsp3) is 0.241. The van der Waals surface area contributed by atoms with Gasteiger partial charge in [0.25, 0.3) is 5.91 Å². The summed E-state index contributed by atoms with van der Waals surface area (Å²) >= 11 is 7.06. The summed E-state index contributed by atoms with van der Waals surface area (Å²) in [5.74, 6) is -0.699. The van der Waals surface area contributed by atoms with Gasteiger partial charge in [-0.15, -0.1) is 11.3 Å². The van der Waals surface area contributed by atoms with Crippen molar-refractivity contribution in [2.45, 2.75) is 39.0 Å². The first-order valence-corrected chi connectivity index (χ1v) is 13.7. The molecule has 0 aliphatic heterocycles. The molecule has 0 saturated carbocycles. The topological polar surface area (TPSA) is 80.3 Å². The molecule has 188 valence electrons. The first kappa shape index (κ1) is 25.0. The number of hydrogen-bond donors (Lipinski definition) is 2. The summed E-state index contributed by atoms with van der Waals surface area (Å²) in [5, 5.41) is 7.43. The second-order valence-electron chi connectivity index (χ2n) is 8.84. The molecule has 1 aliphatic carbocycles. The molecule has 0 unspecified atom stereocenters. The molecule has 0 fully saturated rings. The number of pyridine rings is 1. The summed E-state index contributed by atoms with van der Waals surface area (Å²) < 4.78 is 5.36. The third-order valence-electron chi connectivity index (χ3n) is 6.39. The summed E-state index contributed by atoms with van der Waals surface area (Å²) in [6.07, 6.45) is 5.04. The quantitative estimate of drug-likeness (QED) is 0.174. The Morgan fingerprint density at radius 3 is 2.59 bits per heavy atom. The smallest absolute Gasteiger partial charge is 0.341 e. The highest BCUT2D eigenvalue weighted by Crippen LogP contribution is 2.38. The maximum atomic E-state index is 13.4. The maximum Gasteiger partial charge on any atom is 0.341 e. The molecule has 6 nitrogen and oxygen atoms in total. The lowest BCUT2D eigenvalue weighted by Gasteiger charge is -2.13. The van der Waals surface area contributed by atoms with Crippen molar-refractivity contribution in [1.82, 2.24) is 10.3 Å². The summed E-state index contributed by atoms with van der Waals surface area (Å²) in [6, 6.07) is 19.1. The van der Waals surface area contributed by atoms with Crippen LogP contribution in [0.25, 0.3) is 22.2 Å². The summed E-state index contributed by atoms with van der Waals surface area (Å²) in [7, 11) is 0. The van der Waals surface area contributed by atoms with Crippen LogP contribution in [-0.4, -0.2) is 28.6 Å². The highest BCUT2D eigenvalue weighted by atomic mass is 32.1. The van der Waals surface area contributed by atoms with E-state index in [9.17, 15) is 9.59 Å². The Morgan fingerprint density at radius 2 is 1.78 bits per heavy atom. The molecule has 0 spiro atoms. The van der Waals surface area contributed by atoms with Gasteiger partial charge in [-0.1, -0.05) is 55.0 Å². The van der Waals surface area contributed by atoms with Crippen LogP contribution in [0.5, 0.6) is 0 Å². The molecule has 0 radical (unpaired) electrons. The van der Waals surface area contributed by atoms with E-state index in [-0.39, 0.29) is 17.0 Å². The van der Waals surface area contributed by atoms with Crippen molar-refractivity contribution in [1.29, 1.82) is 0 Å². The predicted octanol–water partition coefficient (Wildman–Crippen LogP) is 6.54. The second kappa shape index (κ2) is 11.2. The Bertz CT molecular complexity index is 1480. The number of para-hydroxylation sites is 1. The first-order valence-electron chi connectivity index (χ1n) is 12.4. The number of aromatic nitrogens is 1. The van der Waals surface area contributed by atoms with Gasteiger partial charge in [-0.2, -0.15) is 0 Å². The van der Waals surface area contributed by atoms with E-state index in [1.165, 1.54) is 16.2 Å². The third kappa shape index (κ3) is 5.40. The Balaban J connectivity index is 1.43. The minimum Gasteiger partial charge on any atom is -0.462 e. The van der Waals surface area contributed by atoms with Gasteiger partial charge in [0.05, 0.1) is 28.9 Å². The number of hydrogen-bond acceptors (Lipinski definition) is 6. The number of fused-ring (bicyclic) bond motifs is 2. The lowest BCUT2D eigenvalue weighted by molar-refractivity contribution is 0.0526. The fourth-order valence-electron chi connectivity index (χ4n) is 4.67. The van der Waals surface area contributed by atoms with Crippen molar-refractivity contribution in [3.63, 3.8) is 0 Å². The number of ether oxygens (including phenoxy) is 1. The van der Waals surface area contributed by atoms with Crippen molar-refractivity contribution in [2.75, 3.05) is 11.9 Å². The highest BCUT2D eigenvalue weighted by Gasteiger charge is 2.26. The van der Waals surface area contributed by atoms with Crippen molar-refractivity contribution in [2.24, 2.45) is 0 Å². The molecule has 1 aliphatic rings. The largest absolute Gasteiger partial charge is 0.462 e.